The van der Waals surface area contributed by atoms with E-state index in [9.17, 15) is 18.8 Å². The molecule has 172 valence electrons. The highest BCUT2D eigenvalue weighted by Gasteiger charge is 2.35. The van der Waals surface area contributed by atoms with Crippen LogP contribution in [0.3, 0.4) is 0 Å². The van der Waals surface area contributed by atoms with Crippen molar-refractivity contribution in [2.24, 2.45) is 0 Å². The molecule has 2 N–H and O–H groups in total. The molecule has 6 nitrogen and oxygen atoms in total. The van der Waals surface area contributed by atoms with Crippen LogP contribution in [0.25, 0.3) is 0 Å². The molecule has 2 aromatic carbocycles. The van der Waals surface area contributed by atoms with Gasteiger partial charge in [-0.25, -0.2) is 4.39 Å². The van der Waals surface area contributed by atoms with Crippen molar-refractivity contribution < 1.29 is 18.8 Å². The molecule has 0 radical (unpaired) electrons. The summed E-state index contributed by atoms with van der Waals surface area (Å²) in [5.41, 5.74) is -0.118. The largest absolute Gasteiger partial charge is 0.349 e. The summed E-state index contributed by atoms with van der Waals surface area (Å²) in [4.78, 5) is 40.8. The summed E-state index contributed by atoms with van der Waals surface area (Å²) in [6.45, 7) is 5.06. The van der Waals surface area contributed by atoms with E-state index in [-0.39, 0.29) is 5.69 Å². The molecule has 1 heterocycles. The van der Waals surface area contributed by atoms with Gasteiger partial charge in [0.2, 0.25) is 11.8 Å². The summed E-state index contributed by atoms with van der Waals surface area (Å²) >= 11 is 1.24. The van der Waals surface area contributed by atoms with Crippen molar-refractivity contribution in [3.05, 3.63) is 88.4 Å². The van der Waals surface area contributed by atoms with E-state index in [1.807, 2.05) is 20.8 Å². The second-order valence-electron chi connectivity index (χ2n) is 8.43. The Labute approximate surface area is 196 Å². The van der Waals surface area contributed by atoms with Crippen LogP contribution in [0.2, 0.25) is 0 Å². The Morgan fingerprint density at radius 3 is 2.24 bits per heavy atom. The van der Waals surface area contributed by atoms with Gasteiger partial charge in [-0.1, -0.05) is 48.5 Å². The molecule has 0 aliphatic rings. The summed E-state index contributed by atoms with van der Waals surface area (Å²) < 4.78 is 14.9. The normalized spacial score (nSPS) is 12.0. The molecule has 1 unspecified atom stereocenters. The maximum Gasteiger partial charge on any atom is 0.261 e. The monoisotopic (exact) mass is 467 g/mol. The number of benzene rings is 2. The van der Waals surface area contributed by atoms with Gasteiger partial charge >= 0.3 is 0 Å². The predicted octanol–water partition coefficient (Wildman–Crippen LogP) is 4.31. The Morgan fingerprint density at radius 2 is 1.64 bits per heavy atom. The number of halogens is 1. The Balaban J connectivity index is 2.01. The SMILES string of the molecule is CC(C)(C)NC(=O)C(c1ccccc1)N(C(=O)CNC(=O)c1cccs1)c1ccccc1F. The van der Waals surface area contributed by atoms with Crippen molar-refractivity contribution in [3.8, 4) is 0 Å². The highest BCUT2D eigenvalue weighted by molar-refractivity contribution is 7.12. The van der Waals surface area contributed by atoms with E-state index in [2.05, 4.69) is 10.6 Å². The van der Waals surface area contributed by atoms with E-state index in [4.69, 9.17) is 0 Å². The fraction of sp³-hybridized carbons (Fsp3) is 0.240. The van der Waals surface area contributed by atoms with Gasteiger partial charge in [-0.05, 0) is 49.9 Å². The molecule has 3 amide bonds. The van der Waals surface area contributed by atoms with E-state index in [0.29, 0.717) is 10.4 Å². The summed E-state index contributed by atoms with van der Waals surface area (Å²) in [6.07, 6.45) is 0. The Hall–Kier alpha value is -3.52. The molecule has 3 rings (SSSR count). The van der Waals surface area contributed by atoms with Crippen molar-refractivity contribution in [3.63, 3.8) is 0 Å². The molecule has 0 aliphatic heterocycles. The minimum atomic E-state index is -1.14. The van der Waals surface area contributed by atoms with Crippen LogP contribution in [-0.4, -0.2) is 29.8 Å². The van der Waals surface area contributed by atoms with Crippen molar-refractivity contribution in [1.29, 1.82) is 0 Å². The molecular weight excluding hydrogens is 441 g/mol. The Kier molecular flexibility index (Phi) is 7.60. The quantitative estimate of drug-likeness (QED) is 0.544. The number of anilines is 1. The van der Waals surface area contributed by atoms with Gasteiger partial charge in [-0.15, -0.1) is 11.3 Å². The molecule has 3 aromatic rings. The smallest absolute Gasteiger partial charge is 0.261 e. The molecule has 1 aromatic heterocycles. The summed E-state index contributed by atoms with van der Waals surface area (Å²) in [5.74, 6) is -2.15. The number of rotatable bonds is 7. The van der Waals surface area contributed by atoms with Gasteiger partial charge in [0.25, 0.3) is 5.91 Å². The second kappa shape index (κ2) is 10.4. The second-order valence-corrected chi connectivity index (χ2v) is 9.38. The number of carbonyl (C=O) groups is 3. The van der Waals surface area contributed by atoms with E-state index >= 15 is 0 Å². The van der Waals surface area contributed by atoms with Crippen LogP contribution in [0.4, 0.5) is 10.1 Å². The molecule has 0 saturated carbocycles. The molecule has 0 spiro atoms. The third-order valence-electron chi connectivity index (χ3n) is 4.65. The lowest BCUT2D eigenvalue weighted by molar-refractivity contribution is -0.127. The molecular formula is C25H26FN3O3S. The number of hydrogen-bond donors (Lipinski definition) is 2. The van der Waals surface area contributed by atoms with Crippen LogP contribution in [-0.2, 0) is 9.59 Å². The number of para-hydroxylation sites is 1. The lowest BCUT2D eigenvalue weighted by Gasteiger charge is -2.34. The number of carbonyl (C=O) groups excluding carboxylic acids is 3. The molecule has 0 fully saturated rings. The Morgan fingerprint density at radius 1 is 0.970 bits per heavy atom. The van der Waals surface area contributed by atoms with Gasteiger partial charge in [0.05, 0.1) is 17.1 Å². The van der Waals surface area contributed by atoms with Gasteiger partial charge < -0.3 is 10.6 Å². The van der Waals surface area contributed by atoms with Crippen molar-refractivity contribution in [1.82, 2.24) is 10.6 Å². The third-order valence-corrected chi connectivity index (χ3v) is 5.51. The third kappa shape index (κ3) is 6.26. The van der Waals surface area contributed by atoms with Crippen molar-refractivity contribution >= 4 is 34.7 Å². The average molecular weight is 468 g/mol. The number of nitrogens with zero attached hydrogens (tertiary/aromatic N) is 1. The van der Waals surface area contributed by atoms with Gasteiger partial charge in [-0.2, -0.15) is 0 Å². The fourth-order valence-corrected chi connectivity index (χ4v) is 3.93. The molecule has 0 aliphatic carbocycles. The maximum absolute atomic E-state index is 14.9. The first kappa shape index (κ1) is 24.1. The minimum Gasteiger partial charge on any atom is -0.349 e. The maximum atomic E-state index is 14.9. The summed E-state index contributed by atoms with van der Waals surface area (Å²) in [5, 5.41) is 7.22. The first-order chi connectivity index (χ1) is 15.7. The van der Waals surface area contributed by atoms with E-state index < -0.39 is 41.7 Å². The number of amides is 3. The Bertz CT molecular complexity index is 1110. The number of nitrogens with one attached hydrogen (secondary N) is 2. The zero-order chi connectivity index (χ0) is 24.0. The predicted molar refractivity (Wildman–Crippen MR) is 128 cm³/mol. The summed E-state index contributed by atoms with van der Waals surface area (Å²) in [6, 6.07) is 16.7. The van der Waals surface area contributed by atoms with Crippen molar-refractivity contribution in [2.45, 2.75) is 32.4 Å². The van der Waals surface area contributed by atoms with Crippen LogP contribution in [0, 0.1) is 5.82 Å². The van der Waals surface area contributed by atoms with Gasteiger partial charge in [0, 0.05) is 5.54 Å². The molecule has 1 atom stereocenters. The average Bonchev–Trinajstić information content (AvgIpc) is 3.30. The van der Waals surface area contributed by atoms with Crippen molar-refractivity contribution in [2.75, 3.05) is 11.4 Å². The molecule has 8 heteroatoms. The van der Waals surface area contributed by atoms with Crippen LogP contribution in [0.15, 0.2) is 72.1 Å². The zero-order valence-corrected chi connectivity index (χ0v) is 19.5. The lowest BCUT2D eigenvalue weighted by Crippen LogP contribution is -2.51. The minimum absolute atomic E-state index is 0.0502. The molecule has 33 heavy (non-hydrogen) atoms. The number of thiophene rings is 1. The number of hydrogen-bond acceptors (Lipinski definition) is 4. The van der Waals surface area contributed by atoms with E-state index in [0.717, 1.165) is 4.90 Å². The molecule has 0 bridgehead atoms. The van der Waals surface area contributed by atoms with Crippen LogP contribution < -0.4 is 15.5 Å². The first-order valence-electron chi connectivity index (χ1n) is 10.4. The van der Waals surface area contributed by atoms with Gasteiger partial charge in [-0.3, -0.25) is 19.3 Å². The zero-order valence-electron chi connectivity index (χ0n) is 18.7. The van der Waals surface area contributed by atoms with Crippen LogP contribution >= 0.6 is 11.3 Å². The lowest BCUT2D eigenvalue weighted by atomic mass is 10.0. The first-order valence-corrected chi connectivity index (χ1v) is 11.3. The van der Waals surface area contributed by atoms with Crippen LogP contribution in [0.1, 0.15) is 42.0 Å². The fourth-order valence-electron chi connectivity index (χ4n) is 3.29. The van der Waals surface area contributed by atoms with Crippen LogP contribution in [0.5, 0.6) is 0 Å². The topological polar surface area (TPSA) is 78.5 Å². The highest BCUT2D eigenvalue weighted by Crippen LogP contribution is 2.30. The van der Waals surface area contributed by atoms with E-state index in [1.54, 1.807) is 53.9 Å². The highest BCUT2D eigenvalue weighted by atomic mass is 32.1. The molecule has 0 saturated heterocycles. The van der Waals surface area contributed by atoms with E-state index in [1.165, 1.54) is 29.5 Å². The van der Waals surface area contributed by atoms with Gasteiger partial charge in [0.1, 0.15) is 11.9 Å². The summed E-state index contributed by atoms with van der Waals surface area (Å²) in [7, 11) is 0. The van der Waals surface area contributed by atoms with Gasteiger partial charge in [0.15, 0.2) is 0 Å². The standard InChI is InChI=1S/C25H26FN3O3S/c1-25(2,3)28-24(32)22(17-10-5-4-6-11-17)29(19-13-8-7-12-18(19)26)21(30)16-27-23(31)20-14-9-15-33-20/h4-15,22H,16H2,1-3H3,(H,27,31)(H,28,32).